The fourth-order valence-electron chi connectivity index (χ4n) is 1.84. The Balaban J connectivity index is 2.39. The highest BCUT2D eigenvalue weighted by Crippen LogP contribution is 2.17. The summed E-state index contributed by atoms with van der Waals surface area (Å²) in [6, 6.07) is 0. The second kappa shape index (κ2) is 6.83. The first-order valence-electron chi connectivity index (χ1n) is 6.22. The lowest BCUT2D eigenvalue weighted by molar-refractivity contribution is -0.137. The highest BCUT2D eigenvalue weighted by molar-refractivity contribution is 8.00. The molecule has 5 heteroatoms. The highest BCUT2D eigenvalue weighted by atomic mass is 32.2. The van der Waals surface area contributed by atoms with Gasteiger partial charge in [-0.2, -0.15) is 0 Å². The minimum Gasteiger partial charge on any atom is -0.339 e. The summed E-state index contributed by atoms with van der Waals surface area (Å²) in [7, 11) is 0. The molecule has 18 heavy (non-hydrogen) atoms. The van der Waals surface area contributed by atoms with Crippen molar-refractivity contribution in [2.75, 3.05) is 31.9 Å². The molecule has 0 aromatic carbocycles. The molecule has 0 N–H and O–H groups in total. The van der Waals surface area contributed by atoms with E-state index in [-0.39, 0.29) is 17.1 Å². The van der Waals surface area contributed by atoms with Crippen molar-refractivity contribution in [1.82, 2.24) is 9.80 Å². The van der Waals surface area contributed by atoms with Crippen molar-refractivity contribution in [2.45, 2.75) is 26.0 Å². The average molecular weight is 270 g/mol. The third-order valence-corrected chi connectivity index (χ3v) is 4.33. The van der Waals surface area contributed by atoms with Gasteiger partial charge in [0, 0.05) is 38.9 Å². The van der Waals surface area contributed by atoms with Crippen molar-refractivity contribution in [3.8, 4) is 0 Å². The van der Waals surface area contributed by atoms with E-state index in [9.17, 15) is 9.59 Å². The van der Waals surface area contributed by atoms with Crippen molar-refractivity contribution < 1.29 is 9.59 Å². The van der Waals surface area contributed by atoms with Gasteiger partial charge in [-0.3, -0.25) is 9.59 Å². The maximum Gasteiger partial charge on any atom is 0.235 e. The standard InChI is InChI=1S/C13H22N2O2S/c1-10(2)9-18-11(3)13(17)15-7-5-14(6-8-15)12(4)16/h11H,1,5-9H2,2-4H3/t11-/m1/s1. The molecule has 1 rings (SSSR count). The first-order chi connectivity index (χ1) is 8.41. The summed E-state index contributed by atoms with van der Waals surface area (Å²) in [6.07, 6.45) is 0. The molecule has 2 amide bonds. The van der Waals surface area contributed by atoms with Gasteiger partial charge in [-0.25, -0.2) is 0 Å². The molecule has 1 fully saturated rings. The average Bonchev–Trinajstić information content (AvgIpc) is 2.35. The summed E-state index contributed by atoms with van der Waals surface area (Å²) in [4.78, 5) is 27.0. The highest BCUT2D eigenvalue weighted by Gasteiger charge is 2.25. The van der Waals surface area contributed by atoms with Gasteiger partial charge in [0.1, 0.15) is 0 Å². The molecule has 1 saturated heterocycles. The van der Waals surface area contributed by atoms with Gasteiger partial charge in [0.2, 0.25) is 11.8 Å². The van der Waals surface area contributed by atoms with Gasteiger partial charge in [-0.05, 0) is 13.8 Å². The number of hydrogen-bond acceptors (Lipinski definition) is 3. The molecule has 0 radical (unpaired) electrons. The maximum atomic E-state index is 12.2. The first kappa shape index (κ1) is 15.1. The molecule has 0 spiro atoms. The second-order valence-electron chi connectivity index (χ2n) is 4.74. The lowest BCUT2D eigenvalue weighted by atomic mass is 10.3. The van der Waals surface area contributed by atoms with Crippen LogP contribution in [0.5, 0.6) is 0 Å². The van der Waals surface area contributed by atoms with E-state index in [1.807, 2.05) is 18.7 Å². The number of carbonyl (C=O) groups excluding carboxylic acids is 2. The van der Waals surface area contributed by atoms with Crippen LogP contribution >= 0.6 is 11.8 Å². The molecule has 0 aromatic heterocycles. The minimum absolute atomic E-state index is 0.0365. The summed E-state index contributed by atoms with van der Waals surface area (Å²) in [6.45, 7) is 11.9. The lowest BCUT2D eigenvalue weighted by Gasteiger charge is -2.35. The summed E-state index contributed by atoms with van der Waals surface area (Å²) < 4.78 is 0. The predicted octanol–water partition coefficient (Wildman–Crippen LogP) is 1.37. The summed E-state index contributed by atoms with van der Waals surface area (Å²) >= 11 is 1.62. The van der Waals surface area contributed by atoms with E-state index in [2.05, 4.69) is 6.58 Å². The Morgan fingerprint density at radius 1 is 1.17 bits per heavy atom. The van der Waals surface area contributed by atoms with Gasteiger partial charge in [-0.1, -0.05) is 12.2 Å². The molecule has 0 aliphatic carbocycles. The van der Waals surface area contributed by atoms with Gasteiger partial charge in [-0.15, -0.1) is 11.8 Å². The first-order valence-corrected chi connectivity index (χ1v) is 7.27. The third-order valence-electron chi connectivity index (χ3n) is 2.96. The Labute approximate surface area is 113 Å². The Morgan fingerprint density at radius 3 is 2.11 bits per heavy atom. The van der Waals surface area contributed by atoms with Crippen molar-refractivity contribution in [3.05, 3.63) is 12.2 Å². The number of rotatable bonds is 4. The largest absolute Gasteiger partial charge is 0.339 e. The van der Waals surface area contributed by atoms with Gasteiger partial charge in [0.25, 0.3) is 0 Å². The molecule has 102 valence electrons. The van der Waals surface area contributed by atoms with E-state index >= 15 is 0 Å². The summed E-state index contributed by atoms with van der Waals surface area (Å²) in [5.41, 5.74) is 1.08. The molecule has 0 unspecified atom stereocenters. The zero-order valence-electron chi connectivity index (χ0n) is 11.4. The fraction of sp³-hybridized carbons (Fsp3) is 0.692. The number of carbonyl (C=O) groups is 2. The maximum absolute atomic E-state index is 12.2. The van der Waals surface area contributed by atoms with E-state index in [0.717, 1.165) is 11.3 Å². The monoisotopic (exact) mass is 270 g/mol. The van der Waals surface area contributed by atoms with E-state index < -0.39 is 0 Å². The molecule has 4 nitrogen and oxygen atoms in total. The van der Waals surface area contributed by atoms with Crippen LogP contribution in [0.1, 0.15) is 20.8 Å². The molecule has 0 saturated carbocycles. The predicted molar refractivity (Wildman–Crippen MR) is 75.6 cm³/mol. The van der Waals surface area contributed by atoms with E-state index in [4.69, 9.17) is 0 Å². The van der Waals surface area contributed by atoms with Gasteiger partial charge < -0.3 is 9.80 Å². The van der Waals surface area contributed by atoms with Crippen molar-refractivity contribution >= 4 is 23.6 Å². The fourth-order valence-corrected chi connectivity index (χ4v) is 2.66. The van der Waals surface area contributed by atoms with Gasteiger partial charge >= 0.3 is 0 Å². The smallest absolute Gasteiger partial charge is 0.235 e. The normalized spacial score (nSPS) is 17.5. The SMILES string of the molecule is C=C(C)CS[C@H](C)C(=O)N1CCN(C(C)=O)CC1. The zero-order valence-corrected chi connectivity index (χ0v) is 12.3. The van der Waals surface area contributed by atoms with Crippen LogP contribution in [-0.2, 0) is 9.59 Å². The molecule has 1 aliphatic heterocycles. The number of piperazine rings is 1. The number of thioether (sulfide) groups is 1. The number of amides is 2. The van der Waals surface area contributed by atoms with Crippen LogP contribution < -0.4 is 0 Å². The molecule has 0 bridgehead atoms. The quantitative estimate of drug-likeness (QED) is 0.725. The second-order valence-corrected chi connectivity index (χ2v) is 6.07. The number of nitrogens with zero attached hydrogens (tertiary/aromatic N) is 2. The Bertz CT molecular complexity index is 336. The molecule has 1 aliphatic rings. The molecular weight excluding hydrogens is 248 g/mol. The Hall–Kier alpha value is -0.970. The van der Waals surface area contributed by atoms with Crippen LogP contribution in [-0.4, -0.2) is 58.8 Å². The van der Waals surface area contributed by atoms with Crippen molar-refractivity contribution in [2.24, 2.45) is 0 Å². The molecule has 1 atom stereocenters. The molecular formula is C13H22N2O2S. The van der Waals surface area contributed by atoms with Gasteiger partial charge in [0.15, 0.2) is 0 Å². The van der Waals surface area contributed by atoms with E-state index in [1.165, 1.54) is 0 Å². The van der Waals surface area contributed by atoms with E-state index in [0.29, 0.717) is 26.2 Å². The molecule has 0 aromatic rings. The van der Waals surface area contributed by atoms with E-state index in [1.54, 1.807) is 23.6 Å². The topological polar surface area (TPSA) is 40.6 Å². The van der Waals surface area contributed by atoms with Crippen LogP contribution in [0, 0.1) is 0 Å². The Morgan fingerprint density at radius 2 is 1.67 bits per heavy atom. The zero-order chi connectivity index (χ0) is 13.7. The van der Waals surface area contributed by atoms with Crippen LogP contribution in [0.15, 0.2) is 12.2 Å². The summed E-state index contributed by atoms with van der Waals surface area (Å²) in [5.74, 6) is 1.08. The van der Waals surface area contributed by atoms with Gasteiger partial charge in [0.05, 0.1) is 5.25 Å². The van der Waals surface area contributed by atoms with Crippen molar-refractivity contribution in [3.63, 3.8) is 0 Å². The third kappa shape index (κ3) is 4.37. The lowest BCUT2D eigenvalue weighted by Crippen LogP contribution is -2.51. The Kier molecular flexibility index (Phi) is 5.72. The summed E-state index contributed by atoms with van der Waals surface area (Å²) in [5, 5.41) is -0.0365. The van der Waals surface area contributed by atoms with Crippen LogP contribution in [0.4, 0.5) is 0 Å². The minimum atomic E-state index is -0.0365. The molecule has 1 heterocycles. The van der Waals surface area contributed by atoms with Crippen LogP contribution in [0.25, 0.3) is 0 Å². The van der Waals surface area contributed by atoms with Crippen LogP contribution in [0.3, 0.4) is 0 Å². The number of hydrogen-bond donors (Lipinski definition) is 0. The van der Waals surface area contributed by atoms with Crippen LogP contribution in [0.2, 0.25) is 0 Å². The van der Waals surface area contributed by atoms with Crippen molar-refractivity contribution in [1.29, 1.82) is 0 Å².